The molecule has 0 aromatic heterocycles. The van der Waals surface area contributed by atoms with Crippen molar-refractivity contribution in [3.05, 3.63) is 71.8 Å². The molecule has 2 rings (SSSR count). The number of hydrogen-bond donors (Lipinski definition) is 2. The highest BCUT2D eigenvalue weighted by atomic mass is 16.8. The highest BCUT2D eigenvalue weighted by molar-refractivity contribution is 5.91. The van der Waals surface area contributed by atoms with Crippen LogP contribution in [0.3, 0.4) is 0 Å². The molecule has 6 heteroatoms. The topological polar surface area (TPSA) is 93.1 Å². The number of ether oxygens (including phenoxy) is 2. The van der Waals surface area contributed by atoms with Crippen molar-refractivity contribution in [3.63, 3.8) is 0 Å². The van der Waals surface area contributed by atoms with E-state index in [1.165, 1.54) is 24.3 Å². The number of aliphatic hydroxyl groups is 2. The molecule has 0 amide bonds. The third kappa shape index (κ3) is 5.41. The molecule has 0 fully saturated rings. The molecular formula is C22H26O6. The zero-order chi connectivity index (χ0) is 20.6. The maximum atomic E-state index is 12.5. The zero-order valence-corrected chi connectivity index (χ0v) is 16.1. The molecular weight excluding hydrogens is 360 g/mol. The molecule has 0 aliphatic carbocycles. The van der Waals surface area contributed by atoms with Crippen LogP contribution in [0.25, 0.3) is 0 Å². The van der Waals surface area contributed by atoms with E-state index in [0.29, 0.717) is 12.8 Å². The van der Waals surface area contributed by atoms with E-state index in [9.17, 15) is 19.8 Å². The predicted molar refractivity (Wildman–Crippen MR) is 103 cm³/mol. The largest absolute Gasteiger partial charge is 0.394 e. The number of esters is 2. The summed E-state index contributed by atoms with van der Waals surface area (Å²) in [5, 5.41) is 21.5. The molecule has 0 spiro atoms. The molecule has 0 heterocycles. The summed E-state index contributed by atoms with van der Waals surface area (Å²) in [5.74, 6) is -5.31. The van der Waals surface area contributed by atoms with Gasteiger partial charge in [0.15, 0.2) is 0 Å². The quantitative estimate of drug-likeness (QED) is 0.506. The Kier molecular flexibility index (Phi) is 7.72. The third-order valence-corrected chi connectivity index (χ3v) is 4.45. The highest BCUT2D eigenvalue weighted by Gasteiger charge is 2.48. The van der Waals surface area contributed by atoms with Crippen LogP contribution in [0.5, 0.6) is 0 Å². The van der Waals surface area contributed by atoms with Crippen LogP contribution in [-0.4, -0.2) is 34.2 Å². The van der Waals surface area contributed by atoms with E-state index in [1.54, 1.807) is 43.3 Å². The summed E-state index contributed by atoms with van der Waals surface area (Å²) < 4.78 is 10.5. The molecule has 0 aliphatic rings. The Bertz CT molecular complexity index is 706. The van der Waals surface area contributed by atoms with Gasteiger partial charge in [-0.1, -0.05) is 56.7 Å². The molecule has 2 atom stereocenters. The lowest BCUT2D eigenvalue weighted by Gasteiger charge is -2.36. The molecule has 0 bridgehead atoms. The summed E-state index contributed by atoms with van der Waals surface area (Å²) in [7, 11) is 0. The number of rotatable bonds is 9. The molecule has 0 aliphatic heterocycles. The molecule has 0 saturated carbocycles. The number of carbonyl (C=O) groups excluding carboxylic acids is 2. The molecule has 150 valence electrons. The summed E-state index contributed by atoms with van der Waals surface area (Å²) >= 11 is 0. The van der Waals surface area contributed by atoms with E-state index >= 15 is 0 Å². The van der Waals surface area contributed by atoms with Crippen molar-refractivity contribution in [2.45, 2.75) is 45.2 Å². The van der Waals surface area contributed by atoms with E-state index in [0.717, 1.165) is 0 Å². The standard InChI is InChI=1S/C22H26O6/c1-3-11-18(19(23)4-2)22(26,27-20(24)16-12-7-5-8-13-16)28-21(25)17-14-9-6-10-15-17/h5-10,12-15,18-19,23,26H,3-4,11H2,1-2H3. The second-order valence-corrected chi connectivity index (χ2v) is 6.51. The molecule has 2 N–H and O–H groups in total. The number of carbonyl (C=O) groups is 2. The van der Waals surface area contributed by atoms with Gasteiger partial charge in [-0.05, 0) is 37.1 Å². The van der Waals surface area contributed by atoms with E-state index in [2.05, 4.69) is 0 Å². The summed E-state index contributed by atoms with van der Waals surface area (Å²) in [6, 6.07) is 16.1. The average molecular weight is 386 g/mol. The van der Waals surface area contributed by atoms with Crippen LogP contribution >= 0.6 is 0 Å². The van der Waals surface area contributed by atoms with Gasteiger partial charge >= 0.3 is 17.9 Å². The minimum atomic E-state index is -2.61. The zero-order valence-electron chi connectivity index (χ0n) is 16.1. The van der Waals surface area contributed by atoms with Crippen molar-refractivity contribution < 1.29 is 29.3 Å². The van der Waals surface area contributed by atoms with Gasteiger partial charge in [0.25, 0.3) is 0 Å². The van der Waals surface area contributed by atoms with Gasteiger partial charge < -0.3 is 19.7 Å². The summed E-state index contributed by atoms with van der Waals surface area (Å²) in [6.07, 6.45) is 0.126. The Labute approximate surface area is 164 Å². The van der Waals surface area contributed by atoms with Crippen molar-refractivity contribution >= 4 is 11.9 Å². The van der Waals surface area contributed by atoms with Crippen molar-refractivity contribution in [2.75, 3.05) is 0 Å². The van der Waals surface area contributed by atoms with Crippen molar-refractivity contribution in [3.8, 4) is 0 Å². The Morgan fingerprint density at radius 1 is 0.893 bits per heavy atom. The molecule has 2 aromatic rings. The predicted octanol–water partition coefficient (Wildman–Crippen LogP) is 3.53. The Morgan fingerprint density at radius 3 is 1.68 bits per heavy atom. The van der Waals surface area contributed by atoms with Gasteiger partial charge in [-0.15, -0.1) is 0 Å². The van der Waals surface area contributed by atoms with Gasteiger partial charge in [0.05, 0.1) is 23.1 Å². The summed E-state index contributed by atoms with van der Waals surface area (Å²) in [4.78, 5) is 25.1. The van der Waals surface area contributed by atoms with Gasteiger partial charge in [0.2, 0.25) is 0 Å². The van der Waals surface area contributed by atoms with Crippen LogP contribution in [0, 0.1) is 5.92 Å². The van der Waals surface area contributed by atoms with E-state index in [-0.39, 0.29) is 17.5 Å². The lowest BCUT2D eigenvalue weighted by molar-refractivity contribution is -0.345. The first-order chi connectivity index (χ1) is 13.4. The lowest BCUT2D eigenvalue weighted by Crippen LogP contribution is -2.51. The van der Waals surface area contributed by atoms with Crippen LogP contribution in [-0.2, 0) is 9.47 Å². The van der Waals surface area contributed by atoms with Gasteiger partial charge in [-0.25, -0.2) is 9.59 Å². The van der Waals surface area contributed by atoms with Gasteiger partial charge in [-0.3, -0.25) is 0 Å². The second kappa shape index (κ2) is 10.0. The first kappa shape index (κ1) is 21.6. The van der Waals surface area contributed by atoms with Gasteiger partial charge in [-0.2, -0.15) is 0 Å². The van der Waals surface area contributed by atoms with Crippen molar-refractivity contribution in [1.29, 1.82) is 0 Å². The first-order valence-electron chi connectivity index (χ1n) is 9.38. The highest BCUT2D eigenvalue weighted by Crippen LogP contribution is 2.32. The molecule has 28 heavy (non-hydrogen) atoms. The van der Waals surface area contributed by atoms with Crippen LogP contribution in [0.15, 0.2) is 60.7 Å². The van der Waals surface area contributed by atoms with Crippen LogP contribution in [0.1, 0.15) is 53.8 Å². The number of hydrogen-bond acceptors (Lipinski definition) is 6. The Morgan fingerprint density at radius 2 is 1.32 bits per heavy atom. The molecule has 2 aromatic carbocycles. The number of aliphatic hydroxyl groups excluding tert-OH is 1. The lowest BCUT2D eigenvalue weighted by atomic mass is 9.92. The Hall–Kier alpha value is -2.70. The molecule has 2 unspecified atom stereocenters. The van der Waals surface area contributed by atoms with Gasteiger partial charge in [0.1, 0.15) is 0 Å². The Balaban J connectivity index is 2.35. The van der Waals surface area contributed by atoms with E-state index < -0.39 is 29.9 Å². The number of benzene rings is 2. The average Bonchev–Trinajstić information content (AvgIpc) is 2.72. The van der Waals surface area contributed by atoms with Crippen LogP contribution < -0.4 is 0 Å². The molecule has 6 nitrogen and oxygen atoms in total. The van der Waals surface area contributed by atoms with E-state index in [4.69, 9.17) is 9.47 Å². The molecule has 0 radical (unpaired) electrons. The van der Waals surface area contributed by atoms with Crippen LogP contribution in [0.2, 0.25) is 0 Å². The fourth-order valence-corrected chi connectivity index (χ4v) is 2.92. The summed E-state index contributed by atoms with van der Waals surface area (Å²) in [5.41, 5.74) is 0.385. The van der Waals surface area contributed by atoms with Gasteiger partial charge in [0, 0.05) is 0 Å². The SMILES string of the molecule is CCCC(C(O)CC)C(O)(OC(=O)c1ccccc1)OC(=O)c1ccccc1. The smallest absolute Gasteiger partial charge is 0.379 e. The van der Waals surface area contributed by atoms with Crippen molar-refractivity contribution in [2.24, 2.45) is 5.92 Å². The fraction of sp³-hybridized carbons (Fsp3) is 0.364. The maximum Gasteiger partial charge on any atom is 0.379 e. The normalized spacial score (nSPS) is 13.4. The maximum absolute atomic E-state index is 12.5. The minimum absolute atomic E-state index is 0.193. The summed E-state index contributed by atoms with van der Waals surface area (Å²) in [6.45, 7) is 3.58. The monoisotopic (exact) mass is 386 g/mol. The second-order valence-electron chi connectivity index (χ2n) is 6.51. The third-order valence-electron chi connectivity index (χ3n) is 4.45. The fourth-order valence-electron chi connectivity index (χ4n) is 2.92. The minimum Gasteiger partial charge on any atom is -0.394 e. The first-order valence-corrected chi connectivity index (χ1v) is 9.38. The van der Waals surface area contributed by atoms with E-state index in [1.807, 2.05) is 6.92 Å². The van der Waals surface area contributed by atoms with Crippen LogP contribution in [0.4, 0.5) is 0 Å². The molecule has 0 saturated heterocycles. The van der Waals surface area contributed by atoms with Crippen molar-refractivity contribution in [1.82, 2.24) is 0 Å².